The molecular formula is C19H26O. The number of hydrogen-bond acceptors (Lipinski definition) is 1. The lowest BCUT2D eigenvalue weighted by molar-refractivity contribution is -0.128. The molecule has 1 aromatic rings. The molecule has 0 amide bonds. The molecule has 1 aromatic carbocycles. The molecule has 0 saturated heterocycles. The Labute approximate surface area is 123 Å². The van der Waals surface area contributed by atoms with Gasteiger partial charge in [0.25, 0.3) is 0 Å². The van der Waals surface area contributed by atoms with Crippen LogP contribution < -0.4 is 0 Å². The lowest BCUT2D eigenvalue weighted by atomic mass is 9.65. The monoisotopic (exact) mass is 270 g/mol. The summed E-state index contributed by atoms with van der Waals surface area (Å²) in [4.78, 5) is 12.9. The zero-order valence-electron chi connectivity index (χ0n) is 13.4. The van der Waals surface area contributed by atoms with Crippen molar-refractivity contribution in [3.05, 3.63) is 41.0 Å². The Balaban J connectivity index is 2.27. The Morgan fingerprint density at radius 3 is 2.20 bits per heavy atom. The number of Topliss-reactive ketones (excluding diaryl/α,β-unsaturated/α-hetero) is 1. The molecule has 1 nitrogen and oxygen atoms in total. The van der Waals surface area contributed by atoms with Gasteiger partial charge in [0.2, 0.25) is 0 Å². The summed E-state index contributed by atoms with van der Waals surface area (Å²) >= 11 is 0. The molecule has 0 aromatic heterocycles. The number of allylic oxidation sites excluding steroid dienone is 1. The highest BCUT2D eigenvalue weighted by molar-refractivity contribution is 6.03. The van der Waals surface area contributed by atoms with Gasteiger partial charge in [-0.25, -0.2) is 0 Å². The first-order valence-corrected chi connectivity index (χ1v) is 7.56. The fourth-order valence-electron chi connectivity index (χ4n) is 3.33. The van der Waals surface area contributed by atoms with Gasteiger partial charge in [0.1, 0.15) is 0 Å². The molecule has 0 heterocycles. The molecular weight excluding hydrogens is 244 g/mol. The molecule has 2 rings (SSSR count). The minimum Gasteiger partial charge on any atom is -0.294 e. The van der Waals surface area contributed by atoms with Crippen molar-refractivity contribution < 1.29 is 4.79 Å². The average molecular weight is 270 g/mol. The van der Waals surface area contributed by atoms with Crippen LogP contribution in [-0.4, -0.2) is 5.78 Å². The van der Waals surface area contributed by atoms with Gasteiger partial charge in [-0.05, 0) is 49.3 Å². The second kappa shape index (κ2) is 5.20. The fourth-order valence-corrected chi connectivity index (χ4v) is 3.33. The van der Waals surface area contributed by atoms with Crippen LogP contribution in [0.5, 0.6) is 0 Å². The van der Waals surface area contributed by atoms with Crippen LogP contribution >= 0.6 is 0 Å². The van der Waals surface area contributed by atoms with Gasteiger partial charge in [0.15, 0.2) is 5.78 Å². The molecule has 0 N–H and O–H groups in total. The van der Waals surface area contributed by atoms with E-state index in [2.05, 4.69) is 52.0 Å². The van der Waals surface area contributed by atoms with Crippen LogP contribution in [0.4, 0.5) is 0 Å². The molecule has 0 aliphatic heterocycles. The molecule has 0 spiro atoms. The van der Waals surface area contributed by atoms with Crippen LogP contribution in [0, 0.1) is 17.8 Å². The Bertz CT molecular complexity index is 533. The van der Waals surface area contributed by atoms with Crippen molar-refractivity contribution in [1.29, 1.82) is 0 Å². The Morgan fingerprint density at radius 2 is 1.70 bits per heavy atom. The lowest BCUT2D eigenvalue weighted by Gasteiger charge is -2.37. The van der Waals surface area contributed by atoms with E-state index in [0.29, 0.717) is 5.78 Å². The summed E-state index contributed by atoms with van der Waals surface area (Å²) < 4.78 is 0. The molecule has 0 bridgehead atoms. The number of aryl methyl sites for hydroxylation is 1. The van der Waals surface area contributed by atoms with Crippen molar-refractivity contribution in [3.8, 4) is 0 Å². The lowest BCUT2D eigenvalue weighted by Crippen LogP contribution is -2.38. The molecule has 108 valence electrons. The van der Waals surface area contributed by atoms with E-state index in [1.54, 1.807) is 0 Å². The number of rotatable bonds is 3. The minimum atomic E-state index is -0.210. The maximum Gasteiger partial charge on any atom is 0.164 e. The number of carbonyl (C=O) groups excluding carboxylic acids is 1. The van der Waals surface area contributed by atoms with Gasteiger partial charge in [-0.3, -0.25) is 4.79 Å². The second-order valence-corrected chi connectivity index (χ2v) is 7.14. The molecule has 1 heteroatoms. The predicted molar refractivity (Wildman–Crippen MR) is 85.6 cm³/mol. The predicted octanol–water partition coefficient (Wildman–Crippen LogP) is 5.18. The first-order chi connectivity index (χ1) is 9.26. The quantitative estimate of drug-likeness (QED) is 0.691. The van der Waals surface area contributed by atoms with Crippen molar-refractivity contribution in [2.24, 2.45) is 10.8 Å². The van der Waals surface area contributed by atoms with Crippen molar-refractivity contribution in [1.82, 2.24) is 0 Å². The third-order valence-electron chi connectivity index (χ3n) is 5.29. The third kappa shape index (κ3) is 2.59. The Hall–Kier alpha value is -1.37. The standard InChI is InChI=1S/C19H26O/c1-14-7-9-16(10-8-14)13-15(2)17(20)19(5)12-6-11-18(19,3)4/h7-10,13H,6,11-12H2,1-5H3/b15-13-. The van der Waals surface area contributed by atoms with E-state index >= 15 is 0 Å². The average Bonchev–Trinajstić information content (AvgIpc) is 2.66. The Morgan fingerprint density at radius 1 is 1.10 bits per heavy atom. The van der Waals surface area contributed by atoms with E-state index in [1.165, 1.54) is 5.56 Å². The van der Waals surface area contributed by atoms with Crippen LogP contribution in [0.15, 0.2) is 29.8 Å². The van der Waals surface area contributed by atoms with Gasteiger partial charge in [0.05, 0.1) is 0 Å². The Kier molecular flexibility index (Phi) is 3.90. The molecule has 0 radical (unpaired) electrons. The van der Waals surface area contributed by atoms with Gasteiger partial charge >= 0.3 is 0 Å². The summed E-state index contributed by atoms with van der Waals surface area (Å²) in [6, 6.07) is 8.33. The van der Waals surface area contributed by atoms with Gasteiger partial charge in [0, 0.05) is 5.41 Å². The summed E-state index contributed by atoms with van der Waals surface area (Å²) in [7, 11) is 0. The molecule has 1 fully saturated rings. The summed E-state index contributed by atoms with van der Waals surface area (Å²) in [6.07, 6.45) is 5.35. The van der Waals surface area contributed by atoms with Crippen LogP contribution in [0.25, 0.3) is 6.08 Å². The molecule has 20 heavy (non-hydrogen) atoms. The van der Waals surface area contributed by atoms with E-state index in [1.807, 2.05) is 13.0 Å². The highest BCUT2D eigenvalue weighted by Gasteiger charge is 2.50. The van der Waals surface area contributed by atoms with Crippen molar-refractivity contribution in [3.63, 3.8) is 0 Å². The first-order valence-electron chi connectivity index (χ1n) is 7.56. The van der Waals surface area contributed by atoms with E-state index < -0.39 is 0 Å². The van der Waals surface area contributed by atoms with Crippen molar-refractivity contribution >= 4 is 11.9 Å². The number of carbonyl (C=O) groups is 1. The van der Waals surface area contributed by atoms with Crippen molar-refractivity contribution in [2.45, 2.75) is 53.9 Å². The number of hydrogen-bond donors (Lipinski definition) is 0. The van der Waals surface area contributed by atoms with E-state index in [0.717, 1.165) is 30.4 Å². The van der Waals surface area contributed by atoms with E-state index in [-0.39, 0.29) is 10.8 Å². The molecule has 1 aliphatic rings. The van der Waals surface area contributed by atoms with Gasteiger partial charge in [-0.15, -0.1) is 0 Å². The zero-order valence-corrected chi connectivity index (χ0v) is 13.4. The smallest absolute Gasteiger partial charge is 0.164 e. The molecule has 1 atom stereocenters. The van der Waals surface area contributed by atoms with Gasteiger partial charge < -0.3 is 0 Å². The summed E-state index contributed by atoms with van der Waals surface area (Å²) in [6.45, 7) is 10.7. The minimum absolute atomic E-state index is 0.104. The van der Waals surface area contributed by atoms with Crippen LogP contribution in [0.1, 0.15) is 58.1 Å². The molecule has 1 unspecified atom stereocenters. The highest BCUT2D eigenvalue weighted by Crippen LogP contribution is 2.53. The first kappa shape index (κ1) is 15.0. The van der Waals surface area contributed by atoms with Crippen LogP contribution in [0.2, 0.25) is 0 Å². The number of ketones is 1. The van der Waals surface area contributed by atoms with Gasteiger partial charge in [-0.1, -0.05) is 57.0 Å². The van der Waals surface area contributed by atoms with Crippen LogP contribution in [-0.2, 0) is 4.79 Å². The topological polar surface area (TPSA) is 17.1 Å². The fraction of sp³-hybridized carbons (Fsp3) is 0.526. The largest absolute Gasteiger partial charge is 0.294 e. The van der Waals surface area contributed by atoms with Crippen LogP contribution in [0.3, 0.4) is 0 Å². The molecule has 1 aliphatic carbocycles. The maximum absolute atomic E-state index is 12.9. The molecule has 1 saturated carbocycles. The highest BCUT2D eigenvalue weighted by atomic mass is 16.1. The zero-order chi connectivity index (χ0) is 15.0. The van der Waals surface area contributed by atoms with E-state index in [4.69, 9.17) is 0 Å². The second-order valence-electron chi connectivity index (χ2n) is 7.14. The van der Waals surface area contributed by atoms with E-state index in [9.17, 15) is 4.79 Å². The summed E-state index contributed by atoms with van der Waals surface area (Å²) in [5, 5.41) is 0. The third-order valence-corrected chi connectivity index (χ3v) is 5.29. The normalized spacial score (nSPS) is 25.8. The SMILES string of the molecule is C/C(=C/c1ccc(C)cc1)C(=O)C1(C)CCCC1(C)C. The summed E-state index contributed by atoms with van der Waals surface area (Å²) in [5.74, 6) is 0.320. The van der Waals surface area contributed by atoms with Crippen molar-refractivity contribution in [2.75, 3.05) is 0 Å². The van der Waals surface area contributed by atoms with Gasteiger partial charge in [-0.2, -0.15) is 0 Å². The summed E-state index contributed by atoms with van der Waals surface area (Å²) in [5.41, 5.74) is 3.13. The maximum atomic E-state index is 12.9. The number of benzene rings is 1.